The molecule has 0 aromatic carbocycles. The predicted octanol–water partition coefficient (Wildman–Crippen LogP) is 1.11. The van der Waals surface area contributed by atoms with Gasteiger partial charge in [0.05, 0.1) is 19.8 Å². The number of esters is 1. The molecule has 2 N–H and O–H groups in total. The van der Waals surface area contributed by atoms with Crippen LogP contribution >= 0.6 is 0 Å². The van der Waals surface area contributed by atoms with Gasteiger partial charge in [-0.15, -0.1) is 0 Å². The number of hydrogen-bond acceptors (Lipinski definition) is 7. The van der Waals surface area contributed by atoms with Crippen molar-refractivity contribution in [2.75, 3.05) is 39.5 Å². The average molecular weight is 417 g/mol. The topological polar surface area (TPSA) is 127 Å². The van der Waals surface area contributed by atoms with Gasteiger partial charge in [-0.3, -0.25) is 0 Å². The molecule has 1 aliphatic heterocycles. The maximum atomic E-state index is 12.5. The van der Waals surface area contributed by atoms with Gasteiger partial charge in [-0.25, -0.2) is 18.0 Å². The lowest BCUT2D eigenvalue weighted by Crippen LogP contribution is -2.40. The van der Waals surface area contributed by atoms with Gasteiger partial charge in [0.15, 0.2) is 0 Å². The zero-order valence-electron chi connectivity index (χ0n) is 16.3. The molecular formula is C17H27N3O7S. The molecule has 1 fully saturated rings. The standard InChI is InChI=1S/C17H27N3O7S/c1-17(2,3)27-16(22)18-5-4-8-26-15(21)14-11-13(12-19-14)28(23,24)20-6-9-25-10-7-20/h11-12,19H,4-10H2,1-3H3,(H,18,22). The minimum absolute atomic E-state index is 0.00735. The van der Waals surface area contributed by atoms with E-state index < -0.39 is 27.7 Å². The van der Waals surface area contributed by atoms with Gasteiger partial charge in [-0.1, -0.05) is 0 Å². The summed E-state index contributed by atoms with van der Waals surface area (Å²) in [7, 11) is -3.68. The Morgan fingerprint density at radius 1 is 1.29 bits per heavy atom. The SMILES string of the molecule is CC(C)(C)OC(=O)NCCCOC(=O)c1cc(S(=O)(=O)N2CCOCC2)c[nH]1. The lowest BCUT2D eigenvalue weighted by Gasteiger charge is -2.25. The number of rotatable bonds is 7. The van der Waals surface area contributed by atoms with Crippen LogP contribution in [0.1, 0.15) is 37.7 Å². The van der Waals surface area contributed by atoms with E-state index in [-0.39, 0.29) is 36.8 Å². The van der Waals surface area contributed by atoms with Gasteiger partial charge < -0.3 is 24.5 Å². The fraction of sp³-hybridized carbons (Fsp3) is 0.647. The number of hydrogen-bond donors (Lipinski definition) is 2. The number of carbonyl (C=O) groups excluding carboxylic acids is 2. The minimum Gasteiger partial charge on any atom is -0.461 e. The Hall–Kier alpha value is -2.11. The van der Waals surface area contributed by atoms with Gasteiger partial charge in [0.1, 0.15) is 16.2 Å². The van der Waals surface area contributed by atoms with Gasteiger partial charge in [0.25, 0.3) is 0 Å². The number of aromatic nitrogens is 1. The number of nitrogens with zero attached hydrogens (tertiary/aromatic N) is 1. The van der Waals surface area contributed by atoms with Crippen molar-refractivity contribution in [3.8, 4) is 0 Å². The number of H-pyrrole nitrogens is 1. The number of amides is 1. The van der Waals surface area contributed by atoms with Gasteiger partial charge in [-0.2, -0.15) is 4.31 Å². The largest absolute Gasteiger partial charge is 0.461 e. The fourth-order valence-corrected chi connectivity index (χ4v) is 3.80. The number of carbonyl (C=O) groups is 2. The van der Waals surface area contributed by atoms with Crippen LogP contribution in [0.2, 0.25) is 0 Å². The van der Waals surface area contributed by atoms with E-state index in [1.165, 1.54) is 16.6 Å². The van der Waals surface area contributed by atoms with Crippen molar-refractivity contribution in [2.45, 2.75) is 37.7 Å². The van der Waals surface area contributed by atoms with E-state index >= 15 is 0 Å². The highest BCUT2D eigenvalue weighted by Gasteiger charge is 2.28. The molecule has 11 heteroatoms. The number of alkyl carbamates (subject to hydrolysis) is 1. The maximum absolute atomic E-state index is 12.5. The number of sulfonamides is 1. The summed E-state index contributed by atoms with van der Waals surface area (Å²) in [5.74, 6) is -0.666. The average Bonchev–Trinajstić information content (AvgIpc) is 3.11. The van der Waals surface area contributed by atoms with Crippen LogP contribution in [0.5, 0.6) is 0 Å². The molecule has 1 aliphatic rings. The maximum Gasteiger partial charge on any atom is 0.407 e. The summed E-state index contributed by atoms with van der Waals surface area (Å²) in [5, 5.41) is 2.56. The zero-order chi connectivity index (χ0) is 20.8. The van der Waals surface area contributed by atoms with Crippen molar-refractivity contribution in [1.29, 1.82) is 0 Å². The summed E-state index contributed by atoms with van der Waals surface area (Å²) in [4.78, 5) is 26.2. The Kier molecular flexibility index (Phi) is 7.44. The van der Waals surface area contributed by atoms with E-state index in [4.69, 9.17) is 14.2 Å². The molecule has 2 heterocycles. The molecule has 0 bridgehead atoms. The van der Waals surface area contributed by atoms with Crippen molar-refractivity contribution < 1.29 is 32.2 Å². The van der Waals surface area contributed by atoms with Crippen molar-refractivity contribution in [1.82, 2.24) is 14.6 Å². The number of morpholine rings is 1. The molecule has 28 heavy (non-hydrogen) atoms. The first-order valence-corrected chi connectivity index (χ1v) is 10.4. The highest BCUT2D eigenvalue weighted by atomic mass is 32.2. The molecule has 2 rings (SSSR count). The summed E-state index contributed by atoms with van der Waals surface area (Å²) >= 11 is 0. The first-order chi connectivity index (χ1) is 13.1. The van der Waals surface area contributed by atoms with E-state index in [0.717, 1.165) is 0 Å². The van der Waals surface area contributed by atoms with Gasteiger partial charge in [0.2, 0.25) is 10.0 Å². The molecule has 0 atom stereocenters. The van der Waals surface area contributed by atoms with Crippen molar-refractivity contribution in [3.63, 3.8) is 0 Å². The van der Waals surface area contributed by atoms with Crippen LogP contribution < -0.4 is 5.32 Å². The van der Waals surface area contributed by atoms with Crippen LogP contribution in [0.15, 0.2) is 17.2 Å². The van der Waals surface area contributed by atoms with Gasteiger partial charge in [-0.05, 0) is 33.3 Å². The van der Waals surface area contributed by atoms with Crippen LogP contribution in [0, 0.1) is 0 Å². The van der Waals surface area contributed by atoms with Crippen molar-refractivity contribution in [3.05, 3.63) is 18.0 Å². The van der Waals surface area contributed by atoms with Gasteiger partial charge >= 0.3 is 12.1 Å². The quantitative estimate of drug-likeness (QED) is 0.502. The van der Waals surface area contributed by atoms with Crippen LogP contribution in [0.4, 0.5) is 4.79 Å². The fourth-order valence-electron chi connectivity index (χ4n) is 2.40. The summed E-state index contributed by atoms with van der Waals surface area (Å²) in [6.45, 7) is 6.87. The smallest absolute Gasteiger partial charge is 0.407 e. The lowest BCUT2D eigenvalue weighted by atomic mass is 10.2. The van der Waals surface area contributed by atoms with E-state index in [9.17, 15) is 18.0 Å². The number of ether oxygens (including phenoxy) is 3. The number of aromatic amines is 1. The monoisotopic (exact) mass is 417 g/mol. The van der Waals surface area contributed by atoms with E-state index in [2.05, 4.69) is 10.3 Å². The molecule has 1 aromatic rings. The second kappa shape index (κ2) is 9.39. The van der Waals surface area contributed by atoms with Gasteiger partial charge in [0, 0.05) is 25.8 Å². The third kappa shape index (κ3) is 6.50. The van der Waals surface area contributed by atoms with Crippen LogP contribution in [0.25, 0.3) is 0 Å². The van der Waals surface area contributed by atoms with Crippen molar-refractivity contribution >= 4 is 22.1 Å². The number of nitrogens with one attached hydrogen (secondary N) is 2. The second-order valence-corrected chi connectivity index (χ2v) is 9.12. The predicted molar refractivity (Wildman–Crippen MR) is 99.5 cm³/mol. The minimum atomic E-state index is -3.68. The molecule has 0 aliphatic carbocycles. The van der Waals surface area contributed by atoms with E-state index in [0.29, 0.717) is 19.6 Å². The zero-order valence-corrected chi connectivity index (χ0v) is 17.1. The normalized spacial score (nSPS) is 15.8. The Labute approximate surface area is 164 Å². The van der Waals surface area contributed by atoms with Crippen LogP contribution in [-0.4, -0.2) is 74.8 Å². The van der Waals surface area contributed by atoms with E-state index in [1.54, 1.807) is 20.8 Å². The Morgan fingerprint density at radius 2 is 1.96 bits per heavy atom. The highest BCUT2D eigenvalue weighted by Crippen LogP contribution is 2.18. The third-order valence-corrected chi connectivity index (χ3v) is 5.58. The second-order valence-electron chi connectivity index (χ2n) is 7.18. The first-order valence-electron chi connectivity index (χ1n) is 9.00. The molecular weight excluding hydrogens is 390 g/mol. The first kappa shape index (κ1) is 22.2. The van der Waals surface area contributed by atoms with E-state index in [1.807, 2.05) is 0 Å². The molecule has 1 saturated heterocycles. The Balaban J connectivity index is 1.77. The molecule has 1 amide bonds. The van der Waals surface area contributed by atoms with Crippen LogP contribution in [-0.2, 0) is 24.2 Å². The molecule has 0 unspecified atom stereocenters. The Bertz CT molecular complexity index is 777. The molecule has 158 valence electrons. The van der Waals surface area contributed by atoms with Crippen LogP contribution in [0.3, 0.4) is 0 Å². The Morgan fingerprint density at radius 3 is 2.61 bits per heavy atom. The summed E-state index contributed by atoms with van der Waals surface area (Å²) in [5.41, 5.74) is -0.532. The van der Waals surface area contributed by atoms with Crippen molar-refractivity contribution in [2.24, 2.45) is 0 Å². The third-order valence-electron chi connectivity index (χ3n) is 3.71. The molecule has 1 aromatic heterocycles. The highest BCUT2D eigenvalue weighted by molar-refractivity contribution is 7.89. The summed E-state index contributed by atoms with van der Waals surface area (Å²) < 4.78 is 41.7. The molecule has 0 saturated carbocycles. The summed E-state index contributed by atoms with van der Waals surface area (Å²) in [6.07, 6.45) is 1.12. The molecule has 0 radical (unpaired) electrons. The summed E-state index contributed by atoms with van der Waals surface area (Å²) in [6, 6.07) is 1.26. The lowest BCUT2D eigenvalue weighted by molar-refractivity contribution is 0.0478. The molecule has 0 spiro atoms. The molecule has 10 nitrogen and oxygen atoms in total.